The Bertz CT molecular complexity index is 2740. The summed E-state index contributed by atoms with van der Waals surface area (Å²) in [6.45, 7) is 20.6. The van der Waals surface area contributed by atoms with Gasteiger partial charge >= 0.3 is 6.09 Å². The Morgan fingerprint density at radius 2 is 1.44 bits per heavy atom. The number of hydrogen-bond donors (Lipinski definition) is 6. The third-order valence-corrected chi connectivity index (χ3v) is 10.9. The molecule has 0 fully saturated rings. The molecular weight excluding hydrogens is 1030 g/mol. The molecule has 432 valence electrons. The Hall–Kier alpha value is -7.93. The molecule has 0 saturated heterocycles. The summed E-state index contributed by atoms with van der Waals surface area (Å²) in [7, 11) is 6.63. The normalized spacial score (nSPS) is 11.0. The van der Waals surface area contributed by atoms with Crippen LogP contribution in [0.1, 0.15) is 94.1 Å². The van der Waals surface area contributed by atoms with E-state index in [0.29, 0.717) is 95.3 Å². The molecule has 0 bridgehead atoms. The van der Waals surface area contributed by atoms with Crippen molar-refractivity contribution in [2.45, 2.75) is 80.1 Å². The fourth-order valence-corrected chi connectivity index (χ4v) is 7.49. The van der Waals surface area contributed by atoms with Crippen LogP contribution in [0.4, 0.5) is 22.1 Å². The van der Waals surface area contributed by atoms with Crippen LogP contribution in [0.25, 0.3) is 11.0 Å². The number of nitrogens with two attached hydrogens (primary N) is 3. The van der Waals surface area contributed by atoms with Crippen LogP contribution < -0.4 is 47.5 Å². The van der Waals surface area contributed by atoms with Crippen molar-refractivity contribution >= 4 is 84.3 Å². The molecule has 0 radical (unpaired) electrons. The number of hydrogen-bond acceptors (Lipinski definition) is 20. The molecule has 5 aromatic rings. The molecule has 5 rings (SSSR count). The van der Waals surface area contributed by atoms with Gasteiger partial charge in [0.15, 0.2) is 12.6 Å². The zero-order valence-corrected chi connectivity index (χ0v) is 48.8. The van der Waals surface area contributed by atoms with Crippen molar-refractivity contribution in [3.05, 3.63) is 107 Å². The molecule has 24 heteroatoms. The molecule has 0 aliphatic carbocycles. The highest BCUT2D eigenvalue weighted by Crippen LogP contribution is 2.39. The largest absolute Gasteiger partial charge is 0.491 e. The third-order valence-electron chi connectivity index (χ3n) is 10.2. The molecule has 0 aliphatic heterocycles. The molecular formula is C55H83N15O8S. The maximum absolute atomic E-state index is 12.0. The number of alkyl carbamates (subject to hydrolysis) is 1. The maximum Gasteiger partial charge on any atom is 0.412 e. The second-order valence-electron chi connectivity index (χ2n) is 17.2. The number of rotatable bonds is 27. The minimum atomic E-state index is -0.646. The molecule has 3 aromatic heterocycles. The minimum Gasteiger partial charge on any atom is -0.491 e. The van der Waals surface area contributed by atoms with Crippen molar-refractivity contribution in [3.63, 3.8) is 0 Å². The summed E-state index contributed by atoms with van der Waals surface area (Å²) in [5, 5.41) is 17.1. The van der Waals surface area contributed by atoms with Gasteiger partial charge in [-0.3, -0.25) is 43.8 Å². The van der Waals surface area contributed by atoms with Crippen LogP contribution in [0.5, 0.6) is 11.5 Å². The summed E-state index contributed by atoms with van der Waals surface area (Å²) in [6, 6.07) is 10.4. The summed E-state index contributed by atoms with van der Waals surface area (Å²) in [5.41, 5.74) is 20.8. The number of carbonyl (C=O) groups excluding carboxylic acids is 5. The van der Waals surface area contributed by atoms with Gasteiger partial charge in [0, 0.05) is 56.8 Å². The van der Waals surface area contributed by atoms with E-state index < -0.39 is 11.7 Å². The van der Waals surface area contributed by atoms with Gasteiger partial charge in [-0.05, 0) is 137 Å². The molecule has 0 unspecified atom stereocenters. The summed E-state index contributed by atoms with van der Waals surface area (Å²) < 4.78 is 22.9. The number of ether oxygens (including phenoxy) is 3. The molecule has 3 heterocycles. The number of allylic oxidation sites excluding steroid dienone is 2. The molecule has 23 nitrogen and oxygen atoms in total. The third kappa shape index (κ3) is 23.7. The van der Waals surface area contributed by atoms with E-state index in [2.05, 4.69) is 59.2 Å². The lowest BCUT2D eigenvalue weighted by molar-refractivity contribution is 0.0548. The predicted molar refractivity (Wildman–Crippen MR) is 321 cm³/mol. The summed E-state index contributed by atoms with van der Waals surface area (Å²) in [6.07, 6.45) is 15.8. The van der Waals surface area contributed by atoms with E-state index in [1.54, 1.807) is 97.5 Å². The number of aldehydes is 4. The van der Waals surface area contributed by atoms with Crippen molar-refractivity contribution in [3.8, 4) is 11.5 Å². The fraction of sp³-hybridized carbons (Fsp3) is 0.418. The highest BCUT2D eigenvalue weighted by Gasteiger charge is 2.20. The van der Waals surface area contributed by atoms with E-state index >= 15 is 0 Å². The molecule has 0 aliphatic rings. The molecule has 0 spiro atoms. The Kier molecular flexibility index (Phi) is 33.7. The number of aromatic nitrogens is 6. The monoisotopic (exact) mass is 1110 g/mol. The average Bonchev–Trinajstić information content (AvgIpc) is 4.20. The number of fused-ring (bicyclic) bond motifs is 1. The number of imidazole rings is 1. The van der Waals surface area contributed by atoms with Gasteiger partial charge in [-0.15, -0.1) is 0 Å². The van der Waals surface area contributed by atoms with Crippen LogP contribution in [0.2, 0.25) is 0 Å². The van der Waals surface area contributed by atoms with Crippen molar-refractivity contribution in [1.29, 1.82) is 0 Å². The van der Waals surface area contributed by atoms with Gasteiger partial charge in [-0.2, -0.15) is 22.0 Å². The van der Waals surface area contributed by atoms with Crippen LogP contribution in [-0.4, -0.2) is 152 Å². The van der Waals surface area contributed by atoms with Gasteiger partial charge in [-0.1, -0.05) is 18.2 Å². The summed E-state index contributed by atoms with van der Waals surface area (Å²) >= 11 is 1.75. The average molecular weight is 1110 g/mol. The quantitative estimate of drug-likeness (QED) is 0.0102. The second-order valence-corrected chi connectivity index (χ2v) is 18.2. The number of amides is 1. The molecule has 1 amide bonds. The highest BCUT2D eigenvalue weighted by atomic mass is 32.2. The van der Waals surface area contributed by atoms with Crippen molar-refractivity contribution in [2.75, 3.05) is 83.4 Å². The first-order valence-electron chi connectivity index (χ1n) is 25.3. The number of thioether (sulfide) groups is 1. The lowest BCUT2D eigenvalue weighted by Crippen LogP contribution is -2.33. The molecule has 79 heavy (non-hydrogen) atoms. The standard InChI is InChI=1S/C39H53N9O6S.2C7H10N2O.2CH5N/c1-39(2,3)54-38(51)45-30(23-40)24-44-13-8-11-16-52-34-22-29(26-50)20-32-36(34)48(37(43-6)46-32)15-10-9-14-47(27-41-4)35-31(42-5)19-28(25-49)21-33(35)53-17-12-18-55-7;2*1-3-9-7(5-10)4-6(2)8-9;2*1-2/h8-11,19-26,41H,5,12-18,27,40H2,1-4,6-7H3,(H,43,46)(H,45,51);2*4-5H,3H2,1-2H3;2*2H2,1H3/b10-9+,11-8+,30-23+,44-24?;;;;. The fourth-order valence-electron chi connectivity index (χ4n) is 7.08. The number of benzene rings is 2. The van der Waals surface area contributed by atoms with Gasteiger partial charge < -0.3 is 51.5 Å². The predicted octanol–water partition coefficient (Wildman–Crippen LogP) is 6.93. The molecule has 9 N–H and O–H groups in total. The molecule has 2 aromatic carbocycles. The lowest BCUT2D eigenvalue weighted by Gasteiger charge is -2.27. The van der Waals surface area contributed by atoms with Crippen molar-refractivity contribution in [1.82, 2.24) is 39.7 Å². The Morgan fingerprint density at radius 1 is 0.835 bits per heavy atom. The van der Waals surface area contributed by atoms with Crippen LogP contribution in [-0.2, 0) is 24.4 Å². The van der Waals surface area contributed by atoms with E-state index in [1.165, 1.54) is 26.5 Å². The van der Waals surface area contributed by atoms with Crippen LogP contribution >= 0.6 is 11.8 Å². The minimum absolute atomic E-state index is 0.196. The SMILES string of the molecule is C=Nc1cc(C=O)cc(OCCCSC)c1N(C/C=C/Cn1c(NC)nc2cc(C=O)cc(OC/C=C/CN=C/C(=C\N)NC(=O)OC(C)(C)C)c21)CNC.CCn1nc(C)cc1C=O.CCn1nc(C)cc1C=O.CN.CN. The van der Waals surface area contributed by atoms with Crippen LogP contribution in [0.3, 0.4) is 0 Å². The van der Waals surface area contributed by atoms with Crippen LogP contribution in [0, 0.1) is 13.8 Å². The Morgan fingerprint density at radius 3 is 1.95 bits per heavy atom. The zero-order valence-electron chi connectivity index (χ0n) is 47.9. The Balaban J connectivity index is 0.00000106. The van der Waals surface area contributed by atoms with Crippen molar-refractivity contribution < 1.29 is 38.2 Å². The van der Waals surface area contributed by atoms with Gasteiger partial charge in [0.1, 0.15) is 58.9 Å². The molecule has 0 atom stereocenters. The first kappa shape index (κ1) is 69.1. The number of aliphatic imine (C=N–C) groups is 2. The lowest BCUT2D eigenvalue weighted by atomic mass is 10.1. The van der Waals surface area contributed by atoms with Gasteiger partial charge in [0.2, 0.25) is 5.95 Å². The van der Waals surface area contributed by atoms with Crippen LogP contribution in [0.15, 0.2) is 82.6 Å². The number of nitrogens with one attached hydrogen (secondary N) is 3. The van der Waals surface area contributed by atoms with Crippen molar-refractivity contribution in [2.24, 2.45) is 27.2 Å². The number of carbonyl (C=O) groups is 5. The van der Waals surface area contributed by atoms with E-state index in [9.17, 15) is 24.0 Å². The highest BCUT2D eigenvalue weighted by molar-refractivity contribution is 7.98. The number of aryl methyl sites for hydroxylation is 4. The second kappa shape index (κ2) is 38.6. The Labute approximate surface area is 469 Å². The topological polar surface area (TPSA) is 309 Å². The maximum atomic E-state index is 12.0. The van der Waals surface area contributed by atoms with E-state index in [-0.39, 0.29) is 6.61 Å². The number of anilines is 2. The summed E-state index contributed by atoms with van der Waals surface area (Å²) in [5.74, 6) is 2.60. The smallest absolute Gasteiger partial charge is 0.412 e. The van der Waals surface area contributed by atoms with Gasteiger partial charge in [0.25, 0.3) is 0 Å². The molecule has 0 saturated carbocycles. The zero-order chi connectivity index (χ0) is 59.3. The van der Waals surface area contributed by atoms with E-state index in [1.807, 2.05) is 57.7 Å². The first-order chi connectivity index (χ1) is 38.1. The first-order valence-corrected chi connectivity index (χ1v) is 26.7. The van der Waals surface area contributed by atoms with E-state index in [4.69, 9.17) is 24.9 Å². The summed E-state index contributed by atoms with van der Waals surface area (Å²) in [4.78, 5) is 71.5. The van der Waals surface area contributed by atoms with Gasteiger partial charge in [0.05, 0.1) is 48.1 Å². The van der Waals surface area contributed by atoms with E-state index in [0.717, 1.165) is 67.5 Å². The van der Waals surface area contributed by atoms with Gasteiger partial charge in [-0.25, -0.2) is 9.78 Å². The number of nitrogens with zero attached hydrogens (tertiary/aromatic N) is 9.